The highest BCUT2D eigenvalue weighted by atomic mass is 32.2. The van der Waals surface area contributed by atoms with Gasteiger partial charge in [0.05, 0.1) is 5.60 Å². The van der Waals surface area contributed by atoms with Gasteiger partial charge in [-0.1, -0.05) is 25.7 Å². The van der Waals surface area contributed by atoms with Crippen LogP contribution in [0.15, 0.2) is 0 Å². The van der Waals surface area contributed by atoms with Crippen LogP contribution in [0, 0.1) is 11.8 Å². The molecule has 2 nitrogen and oxygen atoms in total. The monoisotopic (exact) mass is 297 g/mol. The van der Waals surface area contributed by atoms with Crippen LogP contribution in [-0.2, 0) is 4.74 Å². The van der Waals surface area contributed by atoms with Crippen LogP contribution in [0.25, 0.3) is 0 Å². The van der Waals surface area contributed by atoms with Crippen molar-refractivity contribution in [2.24, 2.45) is 11.8 Å². The summed E-state index contributed by atoms with van der Waals surface area (Å²) in [5.41, 5.74) is 0.243. The van der Waals surface area contributed by atoms with Gasteiger partial charge in [-0.15, -0.1) is 0 Å². The average Bonchev–Trinajstić information content (AvgIpc) is 2.75. The zero-order valence-electron chi connectivity index (χ0n) is 13.0. The molecule has 116 valence electrons. The van der Waals surface area contributed by atoms with Gasteiger partial charge in [0.2, 0.25) is 0 Å². The molecular formula is C17H31NOS. The number of hydrogen-bond acceptors (Lipinski definition) is 3. The summed E-state index contributed by atoms with van der Waals surface area (Å²) >= 11 is 2.09. The third-order valence-corrected chi connectivity index (χ3v) is 7.07. The molecule has 1 N–H and O–H groups in total. The fourth-order valence-electron chi connectivity index (χ4n) is 4.76. The molecule has 0 aromatic heterocycles. The second-order valence-electron chi connectivity index (χ2n) is 7.15. The molecule has 3 unspecified atom stereocenters. The summed E-state index contributed by atoms with van der Waals surface area (Å²) < 4.78 is 6.21. The van der Waals surface area contributed by atoms with E-state index in [1.54, 1.807) is 0 Å². The third kappa shape index (κ3) is 3.36. The maximum Gasteiger partial charge on any atom is 0.0783 e. The van der Waals surface area contributed by atoms with E-state index in [9.17, 15) is 0 Å². The summed E-state index contributed by atoms with van der Waals surface area (Å²) in [5, 5.41) is 3.71. The molecule has 3 atom stereocenters. The van der Waals surface area contributed by atoms with Crippen LogP contribution in [0.4, 0.5) is 0 Å². The van der Waals surface area contributed by atoms with Gasteiger partial charge in [-0.05, 0) is 56.7 Å². The SMILES string of the molecule is CNC(C1CCCCCC1)C1CCOC2(CCSC2)C1. The molecule has 1 aliphatic carbocycles. The molecule has 1 spiro atoms. The van der Waals surface area contributed by atoms with Gasteiger partial charge in [-0.3, -0.25) is 0 Å². The Labute approximate surface area is 128 Å². The van der Waals surface area contributed by atoms with Crippen molar-refractivity contribution >= 4 is 11.8 Å². The summed E-state index contributed by atoms with van der Waals surface area (Å²) in [5.74, 6) is 4.30. The minimum Gasteiger partial charge on any atom is -0.374 e. The molecule has 20 heavy (non-hydrogen) atoms. The lowest BCUT2D eigenvalue weighted by Crippen LogP contribution is -2.49. The molecule has 2 saturated heterocycles. The summed E-state index contributed by atoms with van der Waals surface area (Å²) in [6.07, 6.45) is 12.6. The van der Waals surface area contributed by atoms with Gasteiger partial charge < -0.3 is 10.1 Å². The van der Waals surface area contributed by atoms with Gasteiger partial charge in [0.1, 0.15) is 0 Å². The van der Waals surface area contributed by atoms with Crippen LogP contribution >= 0.6 is 11.8 Å². The number of nitrogens with one attached hydrogen (secondary N) is 1. The quantitative estimate of drug-likeness (QED) is 0.800. The summed E-state index contributed by atoms with van der Waals surface area (Å²) in [7, 11) is 2.20. The molecule has 0 aromatic carbocycles. The Bertz CT molecular complexity index is 295. The van der Waals surface area contributed by atoms with E-state index >= 15 is 0 Å². The van der Waals surface area contributed by atoms with Crippen molar-refractivity contribution in [2.45, 2.75) is 69.4 Å². The lowest BCUT2D eigenvalue weighted by molar-refractivity contribution is -0.0883. The molecule has 2 aliphatic heterocycles. The number of hydrogen-bond donors (Lipinski definition) is 1. The smallest absolute Gasteiger partial charge is 0.0783 e. The van der Waals surface area contributed by atoms with Gasteiger partial charge in [0, 0.05) is 18.4 Å². The Morgan fingerprint density at radius 2 is 1.90 bits per heavy atom. The van der Waals surface area contributed by atoms with E-state index in [4.69, 9.17) is 4.74 Å². The van der Waals surface area contributed by atoms with Crippen molar-refractivity contribution in [1.29, 1.82) is 0 Å². The van der Waals surface area contributed by atoms with Crippen LogP contribution in [-0.4, -0.2) is 36.8 Å². The average molecular weight is 298 g/mol. The Balaban J connectivity index is 1.65. The Hall–Kier alpha value is 0.270. The maximum absolute atomic E-state index is 6.21. The fourth-order valence-corrected chi connectivity index (χ4v) is 6.14. The molecule has 1 saturated carbocycles. The van der Waals surface area contributed by atoms with Crippen molar-refractivity contribution in [2.75, 3.05) is 25.2 Å². The highest BCUT2D eigenvalue weighted by molar-refractivity contribution is 7.99. The van der Waals surface area contributed by atoms with E-state index in [1.807, 2.05) is 0 Å². The van der Waals surface area contributed by atoms with Crippen LogP contribution < -0.4 is 5.32 Å². The number of rotatable bonds is 3. The topological polar surface area (TPSA) is 21.3 Å². The largest absolute Gasteiger partial charge is 0.374 e. The molecule has 3 aliphatic rings. The fraction of sp³-hybridized carbons (Fsp3) is 1.00. The molecule has 0 radical (unpaired) electrons. The van der Waals surface area contributed by atoms with Gasteiger partial charge in [-0.2, -0.15) is 11.8 Å². The lowest BCUT2D eigenvalue weighted by atomic mass is 9.75. The normalized spacial score (nSPS) is 38.0. The van der Waals surface area contributed by atoms with Gasteiger partial charge in [0.15, 0.2) is 0 Å². The summed E-state index contributed by atoms with van der Waals surface area (Å²) in [6.45, 7) is 0.996. The third-order valence-electron chi connectivity index (χ3n) is 5.85. The second-order valence-corrected chi connectivity index (χ2v) is 8.26. The van der Waals surface area contributed by atoms with Crippen LogP contribution in [0.2, 0.25) is 0 Å². The molecular weight excluding hydrogens is 266 g/mol. The molecule has 2 heterocycles. The maximum atomic E-state index is 6.21. The molecule has 0 aromatic rings. The Morgan fingerprint density at radius 1 is 1.10 bits per heavy atom. The highest BCUT2D eigenvalue weighted by Crippen LogP contribution is 2.43. The molecule has 0 bridgehead atoms. The molecule has 3 heteroatoms. The van der Waals surface area contributed by atoms with E-state index in [0.29, 0.717) is 0 Å². The Morgan fingerprint density at radius 3 is 2.55 bits per heavy atom. The van der Waals surface area contributed by atoms with Crippen molar-refractivity contribution in [3.63, 3.8) is 0 Å². The number of thioether (sulfide) groups is 1. The zero-order chi connectivity index (χ0) is 13.8. The van der Waals surface area contributed by atoms with E-state index in [-0.39, 0.29) is 5.60 Å². The van der Waals surface area contributed by atoms with Crippen molar-refractivity contribution in [3.05, 3.63) is 0 Å². The minimum atomic E-state index is 0.243. The van der Waals surface area contributed by atoms with Crippen molar-refractivity contribution < 1.29 is 4.74 Å². The Kier molecular flexibility index (Phi) is 5.33. The minimum absolute atomic E-state index is 0.243. The lowest BCUT2D eigenvalue weighted by Gasteiger charge is -2.43. The summed E-state index contributed by atoms with van der Waals surface area (Å²) in [4.78, 5) is 0. The standard InChI is InChI=1S/C17H31NOS/c1-18-16(14-6-4-2-3-5-7-14)15-8-10-19-17(12-15)9-11-20-13-17/h14-16,18H,2-13H2,1H3. The van der Waals surface area contributed by atoms with E-state index in [0.717, 1.165) is 24.5 Å². The molecule has 3 rings (SSSR count). The second kappa shape index (κ2) is 7.02. The van der Waals surface area contributed by atoms with E-state index in [1.165, 1.54) is 69.3 Å². The first kappa shape index (κ1) is 15.2. The first-order valence-corrected chi connectivity index (χ1v) is 9.87. The first-order chi connectivity index (χ1) is 9.83. The van der Waals surface area contributed by atoms with Crippen LogP contribution in [0.3, 0.4) is 0 Å². The number of ether oxygens (including phenoxy) is 1. The molecule has 3 fully saturated rings. The first-order valence-electron chi connectivity index (χ1n) is 8.72. The van der Waals surface area contributed by atoms with E-state index in [2.05, 4.69) is 24.1 Å². The van der Waals surface area contributed by atoms with Crippen molar-refractivity contribution in [1.82, 2.24) is 5.32 Å². The van der Waals surface area contributed by atoms with Crippen molar-refractivity contribution in [3.8, 4) is 0 Å². The van der Waals surface area contributed by atoms with Gasteiger partial charge in [0.25, 0.3) is 0 Å². The van der Waals surface area contributed by atoms with Crippen LogP contribution in [0.1, 0.15) is 57.8 Å². The predicted octanol–water partition coefficient (Wildman–Crippen LogP) is 3.85. The highest BCUT2D eigenvalue weighted by Gasteiger charge is 2.43. The van der Waals surface area contributed by atoms with Gasteiger partial charge >= 0.3 is 0 Å². The van der Waals surface area contributed by atoms with Gasteiger partial charge in [-0.25, -0.2) is 0 Å². The van der Waals surface area contributed by atoms with Crippen LogP contribution in [0.5, 0.6) is 0 Å². The predicted molar refractivity (Wildman–Crippen MR) is 87.4 cm³/mol. The zero-order valence-corrected chi connectivity index (χ0v) is 13.9. The summed E-state index contributed by atoms with van der Waals surface area (Å²) in [6, 6.07) is 0.736. The molecule has 0 amide bonds. The van der Waals surface area contributed by atoms with E-state index < -0.39 is 0 Å².